The summed E-state index contributed by atoms with van der Waals surface area (Å²) in [6.45, 7) is 3.10. The monoisotopic (exact) mass is 165 g/mol. The molecule has 1 aromatic heterocycles. The molecule has 0 bridgehead atoms. The molecule has 12 heavy (non-hydrogen) atoms. The van der Waals surface area contributed by atoms with Gasteiger partial charge in [-0.15, -0.1) is 0 Å². The zero-order valence-corrected chi connectivity index (χ0v) is 7.45. The second kappa shape index (κ2) is 2.90. The molecule has 0 fully saturated rings. The summed E-state index contributed by atoms with van der Waals surface area (Å²) in [6, 6.07) is 0.354. The Morgan fingerprint density at radius 2 is 2.58 bits per heavy atom. The van der Waals surface area contributed by atoms with Crippen molar-refractivity contribution < 1.29 is 0 Å². The summed E-state index contributed by atoms with van der Waals surface area (Å²) in [7, 11) is 0. The number of nitrogens with zero attached hydrogens (tertiary/aromatic N) is 2. The van der Waals surface area contributed by atoms with Gasteiger partial charge in [-0.3, -0.25) is 4.68 Å². The van der Waals surface area contributed by atoms with Crippen molar-refractivity contribution >= 4 is 0 Å². The summed E-state index contributed by atoms with van der Waals surface area (Å²) in [4.78, 5) is 0. The molecule has 0 aromatic carbocycles. The molecule has 1 aromatic rings. The van der Waals surface area contributed by atoms with E-state index in [0.717, 1.165) is 25.8 Å². The van der Waals surface area contributed by atoms with E-state index >= 15 is 0 Å². The van der Waals surface area contributed by atoms with E-state index in [1.165, 1.54) is 11.3 Å². The van der Waals surface area contributed by atoms with Gasteiger partial charge in [-0.1, -0.05) is 0 Å². The van der Waals surface area contributed by atoms with Gasteiger partial charge in [0.1, 0.15) is 0 Å². The summed E-state index contributed by atoms with van der Waals surface area (Å²) in [5.41, 5.74) is 8.62. The molecule has 1 aliphatic rings. The van der Waals surface area contributed by atoms with Crippen LogP contribution >= 0.6 is 0 Å². The maximum Gasteiger partial charge on any atom is 0.0525 e. The minimum atomic E-state index is 0.354. The first-order valence-electron chi connectivity index (χ1n) is 4.60. The third kappa shape index (κ3) is 1.14. The minimum Gasteiger partial charge on any atom is -0.327 e. The summed E-state index contributed by atoms with van der Waals surface area (Å²) < 4.78 is 2.08. The molecule has 0 aliphatic heterocycles. The number of hydrogen-bond donors (Lipinski definition) is 1. The Kier molecular flexibility index (Phi) is 1.89. The predicted molar refractivity (Wildman–Crippen MR) is 47.9 cm³/mol. The van der Waals surface area contributed by atoms with Crippen LogP contribution in [0.25, 0.3) is 0 Å². The Balaban J connectivity index is 2.32. The van der Waals surface area contributed by atoms with Crippen LogP contribution in [0, 0.1) is 0 Å². The standard InChI is InChI=1S/C9H15N3/c1-2-12-9-4-3-8(10)5-7(9)6-11-12/h6,8H,2-5,10H2,1H3/t8-/m1/s1. The van der Waals surface area contributed by atoms with Gasteiger partial charge in [-0.25, -0.2) is 0 Å². The third-order valence-corrected chi connectivity index (χ3v) is 2.57. The lowest BCUT2D eigenvalue weighted by Gasteiger charge is -2.18. The van der Waals surface area contributed by atoms with Crippen molar-refractivity contribution in [1.82, 2.24) is 9.78 Å². The number of fused-ring (bicyclic) bond motifs is 1. The molecule has 0 saturated heterocycles. The summed E-state index contributed by atoms with van der Waals surface area (Å²) >= 11 is 0. The van der Waals surface area contributed by atoms with Crippen LogP contribution in [0.4, 0.5) is 0 Å². The van der Waals surface area contributed by atoms with Crippen LogP contribution in [0.3, 0.4) is 0 Å². The molecule has 0 amide bonds. The Morgan fingerprint density at radius 3 is 3.33 bits per heavy atom. The molecule has 3 nitrogen and oxygen atoms in total. The lowest BCUT2D eigenvalue weighted by Crippen LogP contribution is -2.28. The molecule has 0 unspecified atom stereocenters. The van der Waals surface area contributed by atoms with Gasteiger partial charge in [0.05, 0.1) is 6.20 Å². The fraction of sp³-hybridized carbons (Fsp3) is 0.667. The lowest BCUT2D eigenvalue weighted by molar-refractivity contribution is 0.535. The largest absolute Gasteiger partial charge is 0.327 e. The van der Waals surface area contributed by atoms with Crippen LogP contribution in [0.15, 0.2) is 6.20 Å². The van der Waals surface area contributed by atoms with E-state index in [-0.39, 0.29) is 0 Å². The maximum atomic E-state index is 5.86. The van der Waals surface area contributed by atoms with Crippen molar-refractivity contribution in [3.8, 4) is 0 Å². The number of aromatic nitrogens is 2. The van der Waals surface area contributed by atoms with Gasteiger partial charge in [0.2, 0.25) is 0 Å². The normalized spacial score (nSPS) is 22.3. The Bertz CT molecular complexity index is 277. The van der Waals surface area contributed by atoms with Gasteiger partial charge < -0.3 is 5.73 Å². The third-order valence-electron chi connectivity index (χ3n) is 2.57. The van der Waals surface area contributed by atoms with Gasteiger partial charge in [0.15, 0.2) is 0 Å². The molecule has 0 saturated carbocycles. The van der Waals surface area contributed by atoms with Gasteiger partial charge in [0, 0.05) is 18.3 Å². The highest BCUT2D eigenvalue weighted by Crippen LogP contribution is 2.19. The van der Waals surface area contributed by atoms with Crippen LogP contribution in [-0.4, -0.2) is 15.8 Å². The Morgan fingerprint density at radius 1 is 1.75 bits per heavy atom. The second-order valence-electron chi connectivity index (χ2n) is 3.44. The maximum absolute atomic E-state index is 5.86. The van der Waals surface area contributed by atoms with E-state index in [4.69, 9.17) is 5.73 Å². The summed E-state index contributed by atoms with van der Waals surface area (Å²) in [6.07, 6.45) is 5.19. The van der Waals surface area contributed by atoms with Crippen LogP contribution in [0.5, 0.6) is 0 Å². The van der Waals surface area contributed by atoms with Crippen molar-refractivity contribution in [2.75, 3.05) is 0 Å². The highest BCUT2D eigenvalue weighted by molar-refractivity contribution is 5.22. The van der Waals surface area contributed by atoms with E-state index in [1.807, 2.05) is 6.20 Å². The van der Waals surface area contributed by atoms with E-state index in [1.54, 1.807) is 0 Å². The van der Waals surface area contributed by atoms with Crippen molar-refractivity contribution in [2.24, 2.45) is 5.73 Å². The molecular weight excluding hydrogens is 150 g/mol. The second-order valence-corrected chi connectivity index (χ2v) is 3.44. The van der Waals surface area contributed by atoms with Gasteiger partial charge in [-0.2, -0.15) is 5.10 Å². The van der Waals surface area contributed by atoms with E-state index < -0.39 is 0 Å². The molecular formula is C9H15N3. The number of nitrogens with two attached hydrogens (primary N) is 1. The van der Waals surface area contributed by atoms with Crippen LogP contribution in [0.2, 0.25) is 0 Å². The van der Waals surface area contributed by atoms with Crippen molar-refractivity contribution in [3.63, 3.8) is 0 Å². The zero-order chi connectivity index (χ0) is 8.55. The van der Waals surface area contributed by atoms with Gasteiger partial charge >= 0.3 is 0 Å². The molecule has 1 aliphatic carbocycles. The Labute approximate surface area is 72.6 Å². The smallest absolute Gasteiger partial charge is 0.0525 e. The topological polar surface area (TPSA) is 43.8 Å². The average molecular weight is 165 g/mol. The predicted octanol–water partition coefficient (Wildman–Crippen LogP) is 0.719. The first-order chi connectivity index (χ1) is 5.81. The Hall–Kier alpha value is -0.830. The number of aryl methyl sites for hydroxylation is 1. The SMILES string of the molecule is CCn1ncc2c1CC[C@@H](N)C2. The highest BCUT2D eigenvalue weighted by Gasteiger charge is 2.18. The van der Waals surface area contributed by atoms with Crippen molar-refractivity contribution in [1.29, 1.82) is 0 Å². The van der Waals surface area contributed by atoms with Gasteiger partial charge in [-0.05, 0) is 31.7 Å². The van der Waals surface area contributed by atoms with Gasteiger partial charge in [0.25, 0.3) is 0 Å². The quantitative estimate of drug-likeness (QED) is 0.666. The van der Waals surface area contributed by atoms with Crippen LogP contribution in [0.1, 0.15) is 24.6 Å². The molecule has 66 valence electrons. The molecule has 0 spiro atoms. The first-order valence-corrected chi connectivity index (χ1v) is 4.60. The summed E-state index contributed by atoms with van der Waals surface area (Å²) in [5, 5.41) is 4.31. The molecule has 1 heterocycles. The highest BCUT2D eigenvalue weighted by atomic mass is 15.3. The lowest BCUT2D eigenvalue weighted by atomic mass is 9.94. The molecule has 1 atom stereocenters. The van der Waals surface area contributed by atoms with E-state index in [2.05, 4.69) is 16.7 Å². The van der Waals surface area contributed by atoms with E-state index in [0.29, 0.717) is 6.04 Å². The molecule has 2 N–H and O–H groups in total. The van der Waals surface area contributed by atoms with Crippen LogP contribution < -0.4 is 5.73 Å². The van der Waals surface area contributed by atoms with Crippen molar-refractivity contribution in [2.45, 2.75) is 38.8 Å². The number of hydrogen-bond acceptors (Lipinski definition) is 2. The fourth-order valence-electron chi connectivity index (χ4n) is 1.89. The molecule has 2 rings (SSSR count). The minimum absolute atomic E-state index is 0.354. The average Bonchev–Trinajstić information content (AvgIpc) is 2.46. The fourth-order valence-corrected chi connectivity index (χ4v) is 1.89. The van der Waals surface area contributed by atoms with E-state index in [9.17, 15) is 0 Å². The molecule has 3 heteroatoms. The zero-order valence-electron chi connectivity index (χ0n) is 7.45. The van der Waals surface area contributed by atoms with Crippen molar-refractivity contribution in [3.05, 3.63) is 17.5 Å². The number of rotatable bonds is 1. The molecule has 0 radical (unpaired) electrons. The van der Waals surface area contributed by atoms with Crippen LogP contribution in [-0.2, 0) is 19.4 Å². The summed E-state index contributed by atoms with van der Waals surface area (Å²) in [5.74, 6) is 0. The first kappa shape index (κ1) is 7.80.